The van der Waals surface area contributed by atoms with Crippen LogP contribution in [0.2, 0.25) is 0 Å². The number of rotatable bonds is 3. The lowest BCUT2D eigenvalue weighted by atomic mass is 9.82. The first-order valence-electron chi connectivity index (χ1n) is 7.65. The molecule has 5 N–H and O–H groups in total. The quantitative estimate of drug-likeness (QED) is 0.411. The predicted molar refractivity (Wildman–Crippen MR) is 80.1 cm³/mol. The van der Waals surface area contributed by atoms with Crippen LogP contribution in [0.5, 0.6) is 0 Å². The third-order valence-corrected chi connectivity index (χ3v) is 5.47. The Morgan fingerprint density at radius 3 is 2.75 bits per heavy atom. The molecule has 4 aliphatic rings. The molecular formula is C15H18N4O5. The molecule has 24 heavy (non-hydrogen) atoms. The van der Waals surface area contributed by atoms with Gasteiger partial charge in [0.15, 0.2) is 5.72 Å². The van der Waals surface area contributed by atoms with Crippen molar-refractivity contribution in [3.8, 4) is 0 Å². The molecule has 1 amide bonds. The van der Waals surface area contributed by atoms with Gasteiger partial charge in [-0.2, -0.15) is 0 Å². The van der Waals surface area contributed by atoms with Crippen LogP contribution in [0, 0.1) is 5.92 Å². The number of ketones is 2. The van der Waals surface area contributed by atoms with E-state index in [1.807, 2.05) is 4.90 Å². The van der Waals surface area contributed by atoms with Crippen molar-refractivity contribution in [1.29, 1.82) is 0 Å². The fourth-order valence-electron chi connectivity index (χ4n) is 4.31. The molecule has 9 heteroatoms. The van der Waals surface area contributed by atoms with E-state index < -0.39 is 23.5 Å². The van der Waals surface area contributed by atoms with Crippen LogP contribution in [0.1, 0.15) is 6.92 Å². The summed E-state index contributed by atoms with van der Waals surface area (Å²) in [4.78, 5) is 38.4. The van der Waals surface area contributed by atoms with Gasteiger partial charge in [-0.05, 0) is 6.92 Å². The molecule has 128 valence electrons. The Kier molecular flexibility index (Phi) is 2.89. The molecule has 1 aliphatic carbocycles. The minimum atomic E-state index is -0.957. The topological polar surface area (TPSA) is 147 Å². The monoisotopic (exact) mass is 334 g/mol. The Hall–Kier alpha value is -2.39. The number of hydrogen-bond acceptors (Lipinski definition) is 8. The maximum absolute atomic E-state index is 12.8. The van der Waals surface area contributed by atoms with E-state index in [2.05, 4.69) is 5.32 Å². The summed E-state index contributed by atoms with van der Waals surface area (Å²) in [5, 5.41) is 3.28. The second-order valence-corrected chi connectivity index (χ2v) is 6.46. The highest BCUT2D eigenvalue weighted by Gasteiger charge is 2.72. The van der Waals surface area contributed by atoms with Gasteiger partial charge < -0.3 is 31.2 Å². The smallest absolute Gasteiger partial charge is 0.404 e. The van der Waals surface area contributed by atoms with Gasteiger partial charge in [-0.15, -0.1) is 0 Å². The summed E-state index contributed by atoms with van der Waals surface area (Å²) in [5.41, 5.74) is 10.7. The summed E-state index contributed by atoms with van der Waals surface area (Å²) in [6, 6.07) is 0.109. The zero-order chi connectivity index (χ0) is 17.4. The van der Waals surface area contributed by atoms with Crippen LogP contribution in [0.3, 0.4) is 0 Å². The number of nitrogens with zero attached hydrogens (tertiary/aromatic N) is 1. The van der Waals surface area contributed by atoms with Gasteiger partial charge in [-0.3, -0.25) is 9.59 Å². The number of Topliss-reactive ketones (excluding diaryl/α,β-unsaturated/α-hetero) is 2. The highest BCUT2D eigenvalue weighted by molar-refractivity contribution is 6.25. The first-order valence-corrected chi connectivity index (χ1v) is 7.65. The van der Waals surface area contributed by atoms with Crippen LogP contribution in [-0.2, 0) is 19.1 Å². The number of amides is 1. The number of piperazine rings is 1. The lowest BCUT2D eigenvalue weighted by molar-refractivity contribution is -0.137. The Labute approximate surface area is 137 Å². The maximum Gasteiger partial charge on any atom is 0.404 e. The first-order chi connectivity index (χ1) is 11.3. The molecule has 0 aromatic heterocycles. The molecule has 2 fully saturated rings. The fraction of sp³-hybridized carbons (Fsp3) is 0.533. The summed E-state index contributed by atoms with van der Waals surface area (Å²) in [5.74, 6) is -1.34. The molecule has 0 spiro atoms. The van der Waals surface area contributed by atoms with Crippen molar-refractivity contribution >= 4 is 17.7 Å². The minimum Gasteiger partial charge on any atom is -0.449 e. The van der Waals surface area contributed by atoms with Gasteiger partial charge in [-0.25, -0.2) is 4.79 Å². The van der Waals surface area contributed by atoms with Gasteiger partial charge in [0.2, 0.25) is 11.6 Å². The highest BCUT2D eigenvalue weighted by atomic mass is 16.6. The number of nitrogens with two attached hydrogens (primary N) is 2. The minimum absolute atomic E-state index is 0.0586. The molecule has 0 bridgehead atoms. The molecule has 0 saturated carbocycles. The van der Waals surface area contributed by atoms with Crippen LogP contribution in [0.15, 0.2) is 22.5 Å². The van der Waals surface area contributed by atoms with Crippen LogP contribution < -0.4 is 16.8 Å². The van der Waals surface area contributed by atoms with E-state index in [1.54, 1.807) is 0 Å². The van der Waals surface area contributed by atoms with Gasteiger partial charge in [0.05, 0.1) is 23.4 Å². The Morgan fingerprint density at radius 2 is 2.12 bits per heavy atom. The second-order valence-electron chi connectivity index (χ2n) is 6.46. The van der Waals surface area contributed by atoms with Crippen LogP contribution in [0.4, 0.5) is 4.79 Å². The summed E-state index contributed by atoms with van der Waals surface area (Å²) in [6.07, 6.45) is -0.950. The molecule has 3 heterocycles. The van der Waals surface area contributed by atoms with Crippen molar-refractivity contribution < 1.29 is 23.9 Å². The zero-order valence-corrected chi connectivity index (χ0v) is 13.3. The van der Waals surface area contributed by atoms with Crippen molar-refractivity contribution in [3.05, 3.63) is 22.5 Å². The maximum atomic E-state index is 12.8. The van der Waals surface area contributed by atoms with Gasteiger partial charge in [0.1, 0.15) is 6.61 Å². The van der Waals surface area contributed by atoms with Crippen molar-refractivity contribution in [2.24, 2.45) is 17.4 Å². The molecule has 1 unspecified atom stereocenters. The third kappa shape index (κ3) is 1.58. The molecule has 9 nitrogen and oxygen atoms in total. The summed E-state index contributed by atoms with van der Waals surface area (Å²) in [7, 11) is 1.52. The lowest BCUT2D eigenvalue weighted by Gasteiger charge is -2.39. The van der Waals surface area contributed by atoms with E-state index in [9.17, 15) is 14.4 Å². The predicted octanol–water partition coefficient (Wildman–Crippen LogP) is -1.65. The van der Waals surface area contributed by atoms with Gasteiger partial charge in [-0.1, -0.05) is 0 Å². The van der Waals surface area contributed by atoms with E-state index in [1.165, 1.54) is 14.0 Å². The lowest BCUT2D eigenvalue weighted by Crippen LogP contribution is -2.55. The number of fused-ring (bicyclic) bond motifs is 4. The van der Waals surface area contributed by atoms with Gasteiger partial charge in [0, 0.05) is 30.8 Å². The second kappa shape index (κ2) is 4.58. The van der Waals surface area contributed by atoms with Crippen molar-refractivity contribution in [2.45, 2.75) is 24.7 Å². The fourth-order valence-corrected chi connectivity index (χ4v) is 4.31. The number of primary amides is 1. The number of allylic oxidation sites excluding steroid dienone is 2. The first kappa shape index (κ1) is 15.2. The van der Waals surface area contributed by atoms with E-state index in [-0.39, 0.29) is 41.3 Å². The molecular weight excluding hydrogens is 316 g/mol. The van der Waals surface area contributed by atoms with Crippen LogP contribution in [-0.4, -0.2) is 60.6 Å². The number of carbonyl (C=O) groups is 3. The largest absolute Gasteiger partial charge is 0.449 e. The molecule has 4 rings (SSSR count). The third-order valence-electron chi connectivity index (χ3n) is 5.47. The van der Waals surface area contributed by atoms with E-state index in [0.717, 1.165) is 0 Å². The number of methoxy groups -OCH3 is 1. The standard InChI is InChI=1S/C15H18N4O5/c1-5-9(16)12(21)8-6(4-24-14(17)22)15(23-2)13-7(18-13)3-19(15)10(8)11(5)20/h6-7,13,18H,3-4,16H2,1-2H3,(H2,17,22)/t6?,7-,13-,15+/m1/s1. The van der Waals surface area contributed by atoms with Gasteiger partial charge in [0.25, 0.3) is 0 Å². The molecule has 4 atom stereocenters. The molecule has 3 aliphatic heterocycles. The Morgan fingerprint density at radius 1 is 1.42 bits per heavy atom. The van der Waals surface area contributed by atoms with Crippen molar-refractivity contribution in [3.63, 3.8) is 0 Å². The highest BCUT2D eigenvalue weighted by Crippen LogP contribution is 2.55. The van der Waals surface area contributed by atoms with E-state index in [0.29, 0.717) is 12.2 Å². The average molecular weight is 334 g/mol. The van der Waals surface area contributed by atoms with Crippen molar-refractivity contribution in [1.82, 2.24) is 10.2 Å². The zero-order valence-electron chi connectivity index (χ0n) is 13.3. The van der Waals surface area contributed by atoms with Crippen molar-refractivity contribution in [2.75, 3.05) is 20.3 Å². The van der Waals surface area contributed by atoms with Crippen LogP contribution in [0.25, 0.3) is 0 Å². The Balaban J connectivity index is 1.85. The van der Waals surface area contributed by atoms with E-state index in [4.69, 9.17) is 20.9 Å². The number of carbonyl (C=O) groups excluding carboxylic acids is 3. The summed E-state index contributed by atoms with van der Waals surface area (Å²) in [6.45, 7) is 1.92. The van der Waals surface area contributed by atoms with Crippen LogP contribution >= 0.6 is 0 Å². The molecule has 0 aromatic carbocycles. The Bertz CT molecular complexity index is 757. The average Bonchev–Trinajstić information content (AvgIpc) is 3.16. The summed E-state index contributed by atoms with van der Waals surface area (Å²) < 4.78 is 10.8. The molecule has 2 saturated heterocycles. The van der Waals surface area contributed by atoms with E-state index >= 15 is 0 Å². The number of nitrogens with one attached hydrogen (secondary N) is 1. The molecule has 0 aromatic rings. The normalized spacial score (nSPS) is 36.8. The number of hydrogen-bond donors (Lipinski definition) is 3. The summed E-state index contributed by atoms with van der Waals surface area (Å²) >= 11 is 0. The molecule has 0 radical (unpaired) electrons. The SMILES string of the molecule is CO[C@]12C(COC(N)=O)C3=C(C(=O)C(C)=C(N)C3=O)N1C[C@H]1N[C@H]12. The van der Waals surface area contributed by atoms with Gasteiger partial charge >= 0.3 is 6.09 Å². The number of ether oxygens (including phenoxy) is 2.